The van der Waals surface area contributed by atoms with Crippen LogP contribution in [0.3, 0.4) is 0 Å². The summed E-state index contributed by atoms with van der Waals surface area (Å²) in [6.45, 7) is 5.77. The van der Waals surface area contributed by atoms with E-state index in [1.807, 2.05) is 6.42 Å². The summed E-state index contributed by atoms with van der Waals surface area (Å²) in [5.74, 6) is 0. The van der Waals surface area contributed by atoms with Crippen LogP contribution >= 0.6 is 0 Å². The van der Waals surface area contributed by atoms with Crippen molar-refractivity contribution in [2.24, 2.45) is 0 Å². The monoisotopic (exact) mass is 648 g/mol. The topological polar surface area (TPSA) is 68.7 Å². The Morgan fingerprint density at radius 3 is 1.65 bits per heavy atom. The zero-order valence-corrected chi connectivity index (χ0v) is 16.4. The molecule has 4 atom stereocenters. The molecule has 2 N–H and O–H groups in total. The van der Waals surface area contributed by atoms with E-state index < -0.39 is 12.2 Å². The van der Waals surface area contributed by atoms with Crippen molar-refractivity contribution in [3.8, 4) is 0 Å². The molecule has 0 amide bonds. The van der Waals surface area contributed by atoms with Gasteiger partial charge in [0.2, 0.25) is 0 Å². The summed E-state index contributed by atoms with van der Waals surface area (Å²) in [6, 6.07) is -0.425. The predicted molar refractivity (Wildman–Crippen MR) is 74.5 cm³/mol. The molecule has 0 aromatic carbocycles. The van der Waals surface area contributed by atoms with Crippen LogP contribution in [0.4, 0.5) is 0 Å². The largest absolute Gasteiger partial charge is 1.00 e. The smallest absolute Gasteiger partial charge is 0.620 e. The van der Waals surface area contributed by atoms with Gasteiger partial charge >= 0.3 is 44.8 Å². The molecule has 0 bridgehead atoms. The minimum absolute atomic E-state index is 0. The van der Waals surface area contributed by atoms with Gasteiger partial charge < -0.3 is 20.8 Å². The Kier molecular flexibility index (Phi) is 16.2. The van der Waals surface area contributed by atoms with Gasteiger partial charge in [-0.2, -0.15) is 0 Å². The van der Waals surface area contributed by atoms with Crippen molar-refractivity contribution >= 4 is 0 Å². The number of nitrogens with zero attached hydrogens (tertiary/aromatic N) is 2. The first-order valence-corrected chi connectivity index (χ1v) is 7.08. The molecule has 0 aromatic heterocycles. The van der Waals surface area contributed by atoms with Crippen LogP contribution in [0.15, 0.2) is 0 Å². The number of aliphatic hydroxyl groups excluding tert-OH is 2. The number of hydrogen-bond acceptors (Lipinski definition) is 2. The average Bonchev–Trinajstić information content (AvgIpc) is 2.34. The molecule has 0 radical (unpaired) electrons. The number of unbranched alkanes of at least 4 members (excludes halogenated alkanes) is 2. The summed E-state index contributed by atoms with van der Waals surface area (Å²) in [7, 11) is 0. The van der Waals surface area contributed by atoms with Crippen molar-refractivity contribution in [2.75, 3.05) is 13.1 Å². The molecule has 0 aliphatic heterocycles. The first-order chi connectivity index (χ1) is 8.69. The maximum Gasteiger partial charge on any atom is 1.00 e. The molecule has 1 aliphatic carbocycles. The predicted octanol–water partition coefficient (Wildman–Crippen LogP) is 2.21. The van der Waals surface area contributed by atoms with E-state index in [0.717, 1.165) is 38.8 Å². The molecule has 4 unspecified atom stereocenters. The van der Waals surface area contributed by atoms with Crippen molar-refractivity contribution in [1.82, 2.24) is 0 Å². The average molecular weight is 648 g/mol. The third-order valence-electron chi connectivity index (χ3n) is 3.19. The summed E-state index contributed by atoms with van der Waals surface area (Å²) in [4.78, 5) is 0. The molecule has 0 spiro atoms. The van der Waals surface area contributed by atoms with E-state index in [0.29, 0.717) is 0 Å². The zero-order chi connectivity index (χ0) is 13.4. The molecule has 1 aliphatic rings. The summed E-state index contributed by atoms with van der Waals surface area (Å²) < 4.78 is 0. The second-order valence-corrected chi connectivity index (χ2v) is 4.87. The van der Waals surface area contributed by atoms with Crippen molar-refractivity contribution in [2.45, 2.75) is 63.8 Å². The third kappa shape index (κ3) is 8.59. The Balaban J connectivity index is 0. The van der Waals surface area contributed by atoms with Gasteiger partial charge in [-0.05, 0) is 12.2 Å². The van der Waals surface area contributed by atoms with Gasteiger partial charge in [0, 0.05) is 18.5 Å². The summed E-state index contributed by atoms with van der Waals surface area (Å²) >= 11 is 0. The number of aliphatic hydroxyl groups is 2. The molecule has 1 rings (SSSR count). The molecule has 0 heterocycles. The third-order valence-corrected chi connectivity index (χ3v) is 3.19. The molecule has 6 heteroatoms. The van der Waals surface area contributed by atoms with Gasteiger partial charge in [0.15, 0.2) is 0 Å². The fraction of sp³-hybridized carbons (Fsp3) is 0.857. The summed E-state index contributed by atoms with van der Waals surface area (Å²) in [5, 5.41) is 28.6. The van der Waals surface area contributed by atoms with Crippen LogP contribution in [-0.2, 0) is 44.8 Å². The quantitative estimate of drug-likeness (QED) is 0.241. The molecule has 20 heavy (non-hydrogen) atoms. The van der Waals surface area contributed by atoms with Gasteiger partial charge in [0.1, 0.15) is 0 Å². The van der Waals surface area contributed by atoms with E-state index in [-0.39, 0.29) is 56.8 Å². The van der Waals surface area contributed by atoms with Gasteiger partial charge in [0.05, 0.1) is 0 Å². The van der Waals surface area contributed by atoms with E-state index in [9.17, 15) is 10.2 Å². The Bertz CT molecular complexity index is 203. The maximum atomic E-state index is 9.85. The van der Waals surface area contributed by atoms with Crippen LogP contribution in [0.1, 0.15) is 39.5 Å². The van der Waals surface area contributed by atoms with Crippen molar-refractivity contribution in [3.63, 3.8) is 0 Å². The Morgan fingerprint density at radius 1 is 0.900 bits per heavy atom. The standard InChI is InChI=1S/C14H26N2O2.2Au/c1-3-5-7-15-11-9-12(16-8-6-4-2)14(18)10-13(11)17;;/h9-14,17-18H,3-8H2,1-2H3;;/q-2;2*+1. The number of rotatable bonds is 8. The van der Waals surface area contributed by atoms with Gasteiger partial charge in [-0.1, -0.05) is 39.5 Å². The summed E-state index contributed by atoms with van der Waals surface area (Å²) in [6.07, 6.45) is 6.38. The summed E-state index contributed by atoms with van der Waals surface area (Å²) in [5.41, 5.74) is 0. The first kappa shape index (κ1) is 23.5. The SMILES string of the molecule is CCCC[N-]C1[CH+]C([N-]CCCC)C(O)[CH-]C1O.[Au+].[Au+]. The fourth-order valence-electron chi connectivity index (χ4n) is 1.99. The molecule has 0 saturated heterocycles. The molecule has 0 aromatic rings. The molecule has 4 nitrogen and oxygen atoms in total. The molecule has 126 valence electrons. The Labute approximate surface area is 154 Å². The van der Waals surface area contributed by atoms with Crippen LogP contribution in [0.5, 0.6) is 0 Å². The fourth-order valence-corrected chi connectivity index (χ4v) is 1.99. The van der Waals surface area contributed by atoms with Crippen LogP contribution in [0.25, 0.3) is 10.6 Å². The van der Waals surface area contributed by atoms with E-state index in [2.05, 4.69) is 24.5 Å². The van der Waals surface area contributed by atoms with E-state index in [4.69, 9.17) is 0 Å². The van der Waals surface area contributed by atoms with Gasteiger partial charge in [-0.25, -0.2) is 0 Å². The maximum absolute atomic E-state index is 9.85. The second kappa shape index (κ2) is 13.8. The minimum atomic E-state index is -0.672. The Hall–Kier alpha value is 1.19. The normalized spacial score (nSPS) is 29.0. The van der Waals surface area contributed by atoms with E-state index in [1.165, 1.54) is 0 Å². The molecular formula is C14H26Au2N2O2. The molecule has 1 saturated carbocycles. The van der Waals surface area contributed by atoms with Gasteiger partial charge in [-0.3, -0.25) is 6.42 Å². The molecule has 1 fully saturated rings. The van der Waals surface area contributed by atoms with Crippen molar-refractivity contribution < 1.29 is 55.0 Å². The van der Waals surface area contributed by atoms with E-state index >= 15 is 0 Å². The van der Waals surface area contributed by atoms with Gasteiger partial charge in [-0.15, -0.1) is 13.1 Å². The van der Waals surface area contributed by atoms with Crippen LogP contribution in [-0.4, -0.2) is 47.6 Å². The molecular weight excluding hydrogens is 622 g/mol. The van der Waals surface area contributed by atoms with Crippen LogP contribution in [0.2, 0.25) is 0 Å². The second-order valence-electron chi connectivity index (χ2n) is 4.87. The first-order valence-electron chi connectivity index (χ1n) is 7.08. The Morgan fingerprint density at radius 2 is 1.30 bits per heavy atom. The zero-order valence-electron chi connectivity index (χ0n) is 12.1. The minimum Gasteiger partial charge on any atom is -0.620 e. The van der Waals surface area contributed by atoms with E-state index in [1.54, 1.807) is 6.42 Å². The van der Waals surface area contributed by atoms with Crippen LogP contribution < -0.4 is 0 Å². The van der Waals surface area contributed by atoms with Crippen molar-refractivity contribution in [1.29, 1.82) is 0 Å². The van der Waals surface area contributed by atoms with Gasteiger partial charge in [0.25, 0.3) is 0 Å². The van der Waals surface area contributed by atoms with Crippen LogP contribution in [0, 0.1) is 12.8 Å². The number of hydrogen-bond donors (Lipinski definition) is 2. The van der Waals surface area contributed by atoms with Crippen molar-refractivity contribution in [3.05, 3.63) is 23.5 Å².